The van der Waals surface area contributed by atoms with E-state index < -0.39 is 17.8 Å². The Hall–Kier alpha value is -1.37. The van der Waals surface area contributed by atoms with Gasteiger partial charge in [0.25, 0.3) is 0 Å². The van der Waals surface area contributed by atoms with Gasteiger partial charge in [-0.3, -0.25) is 9.59 Å². The van der Waals surface area contributed by atoms with E-state index in [2.05, 4.69) is 5.32 Å². The van der Waals surface area contributed by atoms with E-state index in [-0.39, 0.29) is 59.1 Å². The number of carboxylic acid groups (broad SMARTS) is 1. The van der Waals surface area contributed by atoms with E-state index in [0.29, 0.717) is 26.1 Å². The topological polar surface area (TPSA) is 89.5 Å². The number of nitrogens with zero attached hydrogens (tertiary/aromatic N) is 1. The second-order valence-corrected chi connectivity index (χ2v) is 7.99. The molecule has 1 aliphatic carbocycles. The summed E-state index contributed by atoms with van der Waals surface area (Å²) in [7, 11) is 0. The number of likely N-dealkylation sites (tertiary alicyclic amines) is 1. The van der Waals surface area contributed by atoms with Crippen LogP contribution in [0.4, 0.5) is 0 Å². The van der Waals surface area contributed by atoms with Gasteiger partial charge in [0.15, 0.2) is 0 Å². The maximum absolute atomic E-state index is 12.4. The molecule has 0 spiro atoms. The third kappa shape index (κ3) is 4.97. The van der Waals surface area contributed by atoms with Gasteiger partial charge in [-0.1, -0.05) is 44.2 Å². The Morgan fingerprint density at radius 1 is 1.11 bits per heavy atom. The van der Waals surface area contributed by atoms with Crippen molar-refractivity contribution in [2.24, 2.45) is 29.6 Å². The van der Waals surface area contributed by atoms with Crippen LogP contribution in [0.15, 0.2) is 30.3 Å². The molecule has 1 aliphatic heterocycles. The molecule has 1 saturated heterocycles. The first-order valence-corrected chi connectivity index (χ1v) is 9.68. The van der Waals surface area contributed by atoms with E-state index in [9.17, 15) is 19.5 Å². The van der Waals surface area contributed by atoms with Crippen molar-refractivity contribution >= 4 is 17.8 Å². The molecular formula is C21H27N2NaO4. The normalized spacial score (nSPS) is 28.8. The van der Waals surface area contributed by atoms with Crippen molar-refractivity contribution in [3.05, 3.63) is 35.9 Å². The molecule has 2 aliphatic rings. The quantitative estimate of drug-likeness (QED) is 0.539. The van der Waals surface area contributed by atoms with Gasteiger partial charge in [-0.2, -0.15) is 0 Å². The summed E-state index contributed by atoms with van der Waals surface area (Å²) in [6.45, 7) is 5.57. The summed E-state index contributed by atoms with van der Waals surface area (Å²) in [6, 6.07) is 9.66. The summed E-state index contributed by atoms with van der Waals surface area (Å²) in [5, 5.41) is 14.1. The SMILES string of the molecule is CC1C(C)[C@H](C(=O)NCC2CCN(C(=O)Cc3ccccc3)C2)[C@@H]1C(=O)[O-].[Na+]. The van der Waals surface area contributed by atoms with E-state index in [4.69, 9.17) is 0 Å². The Bertz CT molecular complexity index is 712. The van der Waals surface area contributed by atoms with Crippen LogP contribution in [0.2, 0.25) is 0 Å². The van der Waals surface area contributed by atoms with E-state index in [1.807, 2.05) is 49.1 Å². The molecule has 146 valence electrons. The van der Waals surface area contributed by atoms with Gasteiger partial charge in [0.2, 0.25) is 11.8 Å². The fourth-order valence-corrected chi connectivity index (χ4v) is 4.40. The average molecular weight is 394 g/mol. The van der Waals surface area contributed by atoms with Crippen LogP contribution in [0, 0.1) is 29.6 Å². The van der Waals surface area contributed by atoms with E-state index in [1.165, 1.54) is 0 Å². The maximum Gasteiger partial charge on any atom is 1.00 e. The van der Waals surface area contributed by atoms with Gasteiger partial charge in [0.05, 0.1) is 6.42 Å². The van der Waals surface area contributed by atoms with E-state index in [0.717, 1.165) is 12.0 Å². The van der Waals surface area contributed by atoms with Crippen LogP contribution in [0.3, 0.4) is 0 Å². The molecule has 1 heterocycles. The Kier molecular flexibility index (Phi) is 8.10. The standard InChI is InChI=1S/C21H28N2O4.Na/c1-13-14(2)19(21(26)27)18(13)20(25)22-11-16-8-9-23(12-16)17(24)10-15-6-4-3-5-7-15;/h3-7,13-14,16,18-19H,8-12H2,1-2H3,(H,22,25)(H,26,27);/q;+1/p-1/t13?,14?,16?,18-,19+;/m0./s1. The maximum atomic E-state index is 12.4. The van der Waals surface area contributed by atoms with Crippen molar-refractivity contribution in [2.75, 3.05) is 19.6 Å². The second-order valence-electron chi connectivity index (χ2n) is 7.99. The number of rotatable bonds is 6. The molecule has 0 radical (unpaired) electrons. The van der Waals surface area contributed by atoms with Crippen molar-refractivity contribution in [2.45, 2.75) is 26.7 Å². The number of nitrogens with one attached hydrogen (secondary N) is 1. The number of benzene rings is 1. The minimum Gasteiger partial charge on any atom is -0.550 e. The van der Waals surface area contributed by atoms with Crippen LogP contribution in [0.5, 0.6) is 0 Å². The summed E-state index contributed by atoms with van der Waals surface area (Å²) in [5.74, 6) is -2.24. The molecule has 1 saturated carbocycles. The fourth-order valence-electron chi connectivity index (χ4n) is 4.40. The number of amides is 2. The predicted octanol–water partition coefficient (Wildman–Crippen LogP) is -2.53. The number of carbonyl (C=O) groups excluding carboxylic acids is 3. The minimum absolute atomic E-state index is 0. The first-order valence-electron chi connectivity index (χ1n) is 9.68. The van der Waals surface area contributed by atoms with Crippen LogP contribution in [0.25, 0.3) is 0 Å². The van der Waals surface area contributed by atoms with Crippen molar-refractivity contribution in [1.29, 1.82) is 0 Å². The molecule has 0 aromatic heterocycles. The molecule has 3 unspecified atom stereocenters. The van der Waals surface area contributed by atoms with Crippen LogP contribution in [-0.4, -0.2) is 42.3 Å². The van der Waals surface area contributed by atoms with Gasteiger partial charge in [0, 0.05) is 37.4 Å². The Balaban J connectivity index is 0.00000280. The first kappa shape index (κ1) is 22.9. The van der Waals surface area contributed by atoms with Gasteiger partial charge in [0.1, 0.15) is 0 Å². The number of carboxylic acids is 1. The van der Waals surface area contributed by atoms with E-state index >= 15 is 0 Å². The first-order chi connectivity index (χ1) is 12.9. The summed E-state index contributed by atoms with van der Waals surface area (Å²) in [5.41, 5.74) is 1.00. The second kappa shape index (κ2) is 9.90. The van der Waals surface area contributed by atoms with Crippen LogP contribution >= 0.6 is 0 Å². The van der Waals surface area contributed by atoms with Gasteiger partial charge < -0.3 is 20.1 Å². The van der Waals surface area contributed by atoms with Gasteiger partial charge in [-0.05, 0) is 29.7 Å². The third-order valence-electron chi connectivity index (χ3n) is 6.33. The van der Waals surface area contributed by atoms with Crippen molar-refractivity contribution < 1.29 is 49.0 Å². The molecular weight excluding hydrogens is 367 g/mol. The summed E-state index contributed by atoms with van der Waals surface area (Å²) in [6.07, 6.45) is 1.24. The monoisotopic (exact) mass is 394 g/mol. The van der Waals surface area contributed by atoms with Crippen LogP contribution in [0.1, 0.15) is 25.8 Å². The largest absolute Gasteiger partial charge is 1.00 e. The average Bonchev–Trinajstić information content (AvgIpc) is 3.13. The third-order valence-corrected chi connectivity index (χ3v) is 6.33. The molecule has 3 rings (SSSR count). The number of hydrogen-bond acceptors (Lipinski definition) is 4. The Labute approximate surface area is 188 Å². The van der Waals surface area contributed by atoms with Gasteiger partial charge in [-0.15, -0.1) is 0 Å². The van der Waals surface area contributed by atoms with E-state index in [1.54, 1.807) is 0 Å². The summed E-state index contributed by atoms with van der Waals surface area (Å²) >= 11 is 0. The smallest absolute Gasteiger partial charge is 0.550 e. The van der Waals surface area contributed by atoms with Crippen molar-refractivity contribution in [3.8, 4) is 0 Å². The van der Waals surface area contributed by atoms with Crippen LogP contribution < -0.4 is 40.0 Å². The number of hydrogen-bond donors (Lipinski definition) is 1. The summed E-state index contributed by atoms with van der Waals surface area (Å²) in [4.78, 5) is 37.9. The zero-order chi connectivity index (χ0) is 19.6. The molecule has 6 nitrogen and oxygen atoms in total. The van der Waals surface area contributed by atoms with Crippen molar-refractivity contribution in [1.82, 2.24) is 10.2 Å². The molecule has 1 N–H and O–H groups in total. The molecule has 1 aromatic carbocycles. The molecule has 2 fully saturated rings. The molecule has 7 heteroatoms. The fraction of sp³-hybridized carbons (Fsp3) is 0.571. The van der Waals surface area contributed by atoms with Gasteiger partial charge >= 0.3 is 29.6 Å². The zero-order valence-corrected chi connectivity index (χ0v) is 18.9. The van der Waals surface area contributed by atoms with Crippen molar-refractivity contribution in [3.63, 3.8) is 0 Å². The molecule has 0 bridgehead atoms. The molecule has 5 atom stereocenters. The Morgan fingerprint density at radius 2 is 1.75 bits per heavy atom. The molecule has 2 amide bonds. The molecule has 28 heavy (non-hydrogen) atoms. The number of carbonyl (C=O) groups is 3. The molecule has 1 aromatic rings. The number of aliphatic carboxylic acids is 1. The Morgan fingerprint density at radius 3 is 2.39 bits per heavy atom. The van der Waals surface area contributed by atoms with Crippen LogP contribution in [-0.2, 0) is 20.8 Å². The zero-order valence-electron chi connectivity index (χ0n) is 16.9. The predicted molar refractivity (Wildman–Crippen MR) is 98.2 cm³/mol. The van der Waals surface area contributed by atoms with Gasteiger partial charge in [-0.25, -0.2) is 0 Å². The minimum atomic E-state index is -1.14. The summed E-state index contributed by atoms with van der Waals surface area (Å²) < 4.78 is 0.